The predicted molar refractivity (Wildman–Crippen MR) is 359 cm³/mol. The number of fused-ring (bicyclic) bond motifs is 12. The minimum atomic E-state index is -0.0796. The fourth-order valence-electron chi connectivity index (χ4n) is 13.2. The van der Waals surface area contributed by atoms with E-state index in [-0.39, 0.29) is 28.4 Å². The Morgan fingerprint density at radius 2 is 0.817 bits per heavy atom. The van der Waals surface area contributed by atoms with Crippen LogP contribution in [0.15, 0.2) is 212 Å². The predicted octanol–water partition coefficient (Wildman–Crippen LogP) is 20.6. The topological polar surface area (TPSA) is 6.48 Å². The van der Waals surface area contributed by atoms with E-state index in [4.69, 9.17) is 0 Å². The summed E-state index contributed by atoms with van der Waals surface area (Å²) in [7, 11) is 0. The molecule has 0 saturated carbocycles. The molecule has 0 aliphatic carbocycles. The average Bonchev–Trinajstić information content (AvgIpc) is 3.93. The van der Waals surface area contributed by atoms with Crippen LogP contribution in [0.25, 0.3) is 75.8 Å². The SMILES string of the molecule is CC(C)(C)c1cc(-c2ccc(N3c4cccc5c4B(c4cc(C(C)(C)C)ccc4N5c4ccc(C(C)(C)C)cc4-c4ccc5c6ccccc6c6ccccc6c5c4)c4sc5ccc(-c6ccccc6)cc5c43)cc2)cc(C(C)(C)C)c1. The maximum atomic E-state index is 2.63. The van der Waals surface area contributed by atoms with Crippen LogP contribution < -0.4 is 25.5 Å². The molecule has 0 radical (unpaired) electrons. The minimum absolute atomic E-state index is 0.0109. The highest BCUT2D eigenvalue weighted by Crippen LogP contribution is 2.51. The Labute approximate surface area is 489 Å². The first-order chi connectivity index (χ1) is 39.2. The van der Waals surface area contributed by atoms with Crippen LogP contribution in [0.3, 0.4) is 0 Å². The molecule has 0 unspecified atom stereocenters. The molecule has 0 N–H and O–H groups in total. The highest BCUT2D eigenvalue weighted by atomic mass is 32.1. The Morgan fingerprint density at radius 1 is 0.317 bits per heavy atom. The number of hydrogen-bond donors (Lipinski definition) is 0. The van der Waals surface area contributed by atoms with Crippen molar-refractivity contribution >= 4 is 110 Å². The number of nitrogens with zero attached hydrogens (tertiary/aromatic N) is 2. The maximum Gasteiger partial charge on any atom is 0.264 e. The van der Waals surface area contributed by atoms with Gasteiger partial charge >= 0.3 is 0 Å². The van der Waals surface area contributed by atoms with E-state index in [1.807, 2.05) is 11.3 Å². The van der Waals surface area contributed by atoms with Crippen LogP contribution in [0.4, 0.5) is 34.1 Å². The van der Waals surface area contributed by atoms with Crippen LogP contribution in [0.2, 0.25) is 0 Å². The molecule has 3 heterocycles. The molecule has 0 amide bonds. The number of anilines is 6. The van der Waals surface area contributed by atoms with E-state index < -0.39 is 0 Å². The molecule has 0 saturated heterocycles. The van der Waals surface area contributed by atoms with Crippen LogP contribution in [0.5, 0.6) is 0 Å². The molecule has 0 atom stereocenters. The highest BCUT2D eigenvalue weighted by molar-refractivity contribution is 7.33. The van der Waals surface area contributed by atoms with E-state index >= 15 is 0 Å². The first-order valence-corrected chi connectivity index (χ1v) is 30.2. The van der Waals surface area contributed by atoms with Gasteiger partial charge in [0.2, 0.25) is 0 Å². The molecule has 12 aromatic rings. The largest absolute Gasteiger partial charge is 0.311 e. The summed E-state index contributed by atoms with van der Waals surface area (Å²) in [4.78, 5) is 5.25. The number of thiophene rings is 1. The van der Waals surface area contributed by atoms with Gasteiger partial charge in [-0.2, -0.15) is 0 Å². The average molecular weight is 1080 g/mol. The Morgan fingerprint density at radius 3 is 1.43 bits per heavy atom. The third-order valence-electron chi connectivity index (χ3n) is 17.8. The second-order valence-corrected chi connectivity index (χ2v) is 28.5. The van der Waals surface area contributed by atoms with Gasteiger partial charge in [0.1, 0.15) is 0 Å². The second-order valence-electron chi connectivity index (χ2n) is 27.4. The van der Waals surface area contributed by atoms with Gasteiger partial charge in [-0.3, -0.25) is 0 Å². The monoisotopic (exact) mass is 1080 g/mol. The molecule has 2 nitrogen and oxygen atoms in total. The lowest BCUT2D eigenvalue weighted by Gasteiger charge is -2.44. The van der Waals surface area contributed by atoms with Crippen molar-refractivity contribution in [2.45, 2.75) is 105 Å². The molecule has 82 heavy (non-hydrogen) atoms. The molecular formula is C78H71BN2S. The van der Waals surface area contributed by atoms with Crippen molar-refractivity contribution in [3.05, 3.63) is 235 Å². The summed E-state index contributed by atoms with van der Waals surface area (Å²) >= 11 is 1.97. The standard InChI is InChI=1S/C78H71BN2S/c1-75(2,3)53-33-38-67(63(46-53)51-31-37-62-60-25-17-16-23-58(60)59-24-18-19-26-61(59)64(62)44-51)81-68-39-34-54(76(4,5)6)47-66(68)79-72-69(27-20-28-70(72)81)80(73-65-43-50(48-21-14-13-15-22-48)32-40-71(65)82-74(73)79)57-35-29-49(30-36-57)52-41-55(77(7,8)9)45-56(42-52)78(10,11)12/h13-47H,1-12H3. The van der Waals surface area contributed by atoms with Crippen molar-refractivity contribution < 1.29 is 0 Å². The van der Waals surface area contributed by atoms with Crippen molar-refractivity contribution in [1.29, 1.82) is 0 Å². The Hall–Kier alpha value is -8.18. The normalized spacial score (nSPS) is 13.5. The van der Waals surface area contributed by atoms with Gasteiger partial charge in [-0.25, -0.2) is 0 Å². The zero-order valence-corrected chi connectivity index (χ0v) is 50.4. The number of benzene rings is 11. The van der Waals surface area contributed by atoms with Gasteiger partial charge in [-0.1, -0.05) is 235 Å². The molecule has 0 spiro atoms. The van der Waals surface area contributed by atoms with Crippen molar-refractivity contribution in [3.8, 4) is 33.4 Å². The molecule has 4 heteroatoms. The summed E-state index contributed by atoms with van der Waals surface area (Å²) < 4.78 is 2.67. The van der Waals surface area contributed by atoms with Gasteiger partial charge < -0.3 is 9.80 Å². The molecule has 11 aromatic carbocycles. The van der Waals surface area contributed by atoms with Crippen LogP contribution in [-0.4, -0.2) is 6.71 Å². The Kier molecular flexibility index (Phi) is 11.8. The summed E-state index contributed by atoms with van der Waals surface area (Å²) in [5, 5.41) is 8.97. The van der Waals surface area contributed by atoms with Crippen molar-refractivity contribution in [3.63, 3.8) is 0 Å². The lowest BCUT2D eigenvalue weighted by Crippen LogP contribution is -2.60. The van der Waals surface area contributed by atoms with Crippen molar-refractivity contribution in [1.82, 2.24) is 0 Å². The molecule has 14 rings (SSSR count). The zero-order valence-electron chi connectivity index (χ0n) is 49.6. The van der Waals surface area contributed by atoms with Gasteiger partial charge in [-0.05, 0) is 176 Å². The second kappa shape index (κ2) is 18.7. The summed E-state index contributed by atoms with van der Waals surface area (Å²) in [6, 6.07) is 81.7. The smallest absolute Gasteiger partial charge is 0.264 e. The minimum Gasteiger partial charge on any atom is -0.311 e. The molecule has 2 aliphatic heterocycles. The molecule has 0 bridgehead atoms. The van der Waals surface area contributed by atoms with Crippen LogP contribution in [-0.2, 0) is 21.7 Å². The number of hydrogen-bond acceptors (Lipinski definition) is 3. The van der Waals surface area contributed by atoms with Crippen LogP contribution in [0, 0.1) is 0 Å². The van der Waals surface area contributed by atoms with Gasteiger partial charge in [0.05, 0.1) is 11.4 Å². The van der Waals surface area contributed by atoms with E-state index in [1.165, 1.54) is 142 Å². The summed E-state index contributed by atoms with van der Waals surface area (Å²) in [6.07, 6.45) is 0. The first kappa shape index (κ1) is 51.9. The fraction of sp³-hybridized carbons (Fsp3) is 0.205. The van der Waals surface area contributed by atoms with Gasteiger partial charge in [0, 0.05) is 43.2 Å². The van der Waals surface area contributed by atoms with Gasteiger partial charge in [-0.15, -0.1) is 11.3 Å². The van der Waals surface area contributed by atoms with E-state index in [9.17, 15) is 0 Å². The van der Waals surface area contributed by atoms with Crippen LogP contribution >= 0.6 is 11.3 Å². The zero-order chi connectivity index (χ0) is 56.8. The third-order valence-corrected chi connectivity index (χ3v) is 19.1. The fourth-order valence-corrected chi connectivity index (χ4v) is 14.5. The van der Waals surface area contributed by atoms with Crippen LogP contribution in [0.1, 0.15) is 105 Å². The highest BCUT2D eigenvalue weighted by Gasteiger charge is 2.46. The molecule has 402 valence electrons. The van der Waals surface area contributed by atoms with Gasteiger partial charge in [0.15, 0.2) is 0 Å². The third kappa shape index (κ3) is 8.50. The van der Waals surface area contributed by atoms with E-state index in [2.05, 4.69) is 305 Å². The van der Waals surface area contributed by atoms with Crippen molar-refractivity contribution in [2.75, 3.05) is 9.80 Å². The van der Waals surface area contributed by atoms with E-state index in [0.29, 0.717) is 0 Å². The molecule has 1 aromatic heterocycles. The summed E-state index contributed by atoms with van der Waals surface area (Å²) in [5.41, 5.74) is 22.5. The van der Waals surface area contributed by atoms with E-state index in [0.717, 1.165) is 5.69 Å². The lowest BCUT2D eigenvalue weighted by atomic mass is 9.36. The lowest BCUT2D eigenvalue weighted by molar-refractivity contribution is 0.569. The molecule has 0 fully saturated rings. The Balaban J connectivity index is 1.03. The summed E-state index contributed by atoms with van der Waals surface area (Å²) in [5.74, 6) is 0. The molecular weight excluding hydrogens is 1010 g/mol. The van der Waals surface area contributed by atoms with E-state index in [1.54, 1.807) is 0 Å². The number of rotatable bonds is 5. The Bertz CT molecular complexity index is 4490. The summed E-state index contributed by atoms with van der Waals surface area (Å²) in [6.45, 7) is 28.0. The van der Waals surface area contributed by atoms with Crippen molar-refractivity contribution in [2.24, 2.45) is 0 Å². The van der Waals surface area contributed by atoms with Gasteiger partial charge in [0.25, 0.3) is 6.71 Å². The first-order valence-electron chi connectivity index (χ1n) is 29.4. The maximum absolute atomic E-state index is 2.63. The molecule has 2 aliphatic rings. The quantitative estimate of drug-likeness (QED) is 0.125.